The minimum absolute atomic E-state index is 0.677. The maximum Gasteiger partial charge on any atom is 0.332 e. The molecule has 0 saturated carbocycles. The number of hydrogen-bond donors (Lipinski definition) is 2. The van der Waals surface area contributed by atoms with Crippen LogP contribution in [0.3, 0.4) is 0 Å². The molecule has 0 aromatic heterocycles. The second-order valence-electron chi connectivity index (χ2n) is 3.86. The first-order valence-electron chi connectivity index (χ1n) is 5.75. The first kappa shape index (κ1) is 14.6. The van der Waals surface area contributed by atoms with Gasteiger partial charge in [-0.15, -0.1) is 0 Å². The zero-order chi connectivity index (χ0) is 14.4. The Morgan fingerprint density at radius 3 is 2.20 bits per heavy atom. The number of benzene rings is 2. The Morgan fingerprint density at radius 2 is 1.65 bits per heavy atom. The van der Waals surface area contributed by atoms with Crippen molar-refractivity contribution in [3.8, 4) is 0 Å². The normalized spacial score (nSPS) is 10.7. The summed E-state index contributed by atoms with van der Waals surface area (Å²) in [6.45, 7) is 0. The first-order valence-corrected chi connectivity index (χ1v) is 7.36. The topological polar surface area (TPSA) is 67.5 Å². The smallest absolute Gasteiger partial charge is 0.332 e. The number of rotatable bonds is 4. The maximum absolute atomic E-state index is 10.5. The first-order chi connectivity index (χ1) is 9.63. The number of nitrogens with zero attached hydrogens (tertiary/aromatic N) is 1. The lowest BCUT2D eigenvalue weighted by Crippen LogP contribution is -2.24. The lowest BCUT2D eigenvalue weighted by Gasteiger charge is -2.02. The number of urea groups is 1. The summed E-state index contributed by atoms with van der Waals surface area (Å²) in [5, 5.41) is 3.70. The Morgan fingerprint density at radius 1 is 1.10 bits per heavy atom. The number of primary amides is 1. The van der Waals surface area contributed by atoms with Crippen molar-refractivity contribution in [1.82, 2.24) is 5.43 Å². The molecule has 2 rings (SSSR count). The van der Waals surface area contributed by atoms with Gasteiger partial charge in [0.2, 0.25) is 0 Å². The molecule has 0 fully saturated rings. The van der Waals surface area contributed by atoms with Gasteiger partial charge in [-0.1, -0.05) is 39.8 Å². The molecule has 0 saturated heterocycles. The molecule has 0 atom stereocenters. The average Bonchev–Trinajstić information content (AvgIpc) is 2.43. The highest BCUT2D eigenvalue weighted by Gasteiger charge is 1.97. The molecule has 2 amide bonds. The molecule has 2 aromatic rings. The van der Waals surface area contributed by atoms with E-state index in [0.717, 1.165) is 14.9 Å². The number of halogens is 1. The third-order valence-electron chi connectivity index (χ3n) is 2.32. The monoisotopic (exact) mass is 349 g/mol. The van der Waals surface area contributed by atoms with Crippen molar-refractivity contribution in [2.75, 3.05) is 0 Å². The number of nitrogens with two attached hydrogens (primary N) is 1. The molecule has 0 aliphatic rings. The van der Waals surface area contributed by atoms with E-state index in [1.807, 2.05) is 36.4 Å². The standard InChI is InChI=1S/C14H12BrN3OS/c15-11-3-7-13(8-4-11)20-12-5-1-10(2-6-12)9-17-18-14(16)19/h1-9H,(H3,16,18,19). The van der Waals surface area contributed by atoms with Crippen LogP contribution in [0.1, 0.15) is 5.56 Å². The van der Waals surface area contributed by atoms with E-state index in [4.69, 9.17) is 5.73 Å². The summed E-state index contributed by atoms with van der Waals surface area (Å²) in [5.74, 6) is 0. The van der Waals surface area contributed by atoms with Crippen LogP contribution in [0.2, 0.25) is 0 Å². The molecular weight excluding hydrogens is 338 g/mol. The van der Waals surface area contributed by atoms with E-state index in [2.05, 4.69) is 38.6 Å². The zero-order valence-electron chi connectivity index (χ0n) is 10.4. The largest absolute Gasteiger partial charge is 0.350 e. The Labute approximate surface area is 129 Å². The van der Waals surface area contributed by atoms with E-state index in [-0.39, 0.29) is 0 Å². The van der Waals surface area contributed by atoms with Gasteiger partial charge < -0.3 is 5.73 Å². The number of nitrogens with one attached hydrogen (secondary N) is 1. The summed E-state index contributed by atoms with van der Waals surface area (Å²) in [4.78, 5) is 12.8. The molecule has 4 nitrogen and oxygen atoms in total. The van der Waals surface area contributed by atoms with E-state index < -0.39 is 6.03 Å². The molecule has 20 heavy (non-hydrogen) atoms. The Bertz CT molecular complexity index is 611. The Balaban J connectivity index is 1.99. The second-order valence-corrected chi connectivity index (χ2v) is 5.92. The van der Waals surface area contributed by atoms with Gasteiger partial charge >= 0.3 is 6.03 Å². The van der Waals surface area contributed by atoms with Crippen molar-refractivity contribution in [3.05, 3.63) is 58.6 Å². The number of amides is 2. The molecule has 0 aliphatic carbocycles. The van der Waals surface area contributed by atoms with Gasteiger partial charge in [-0.2, -0.15) is 5.10 Å². The van der Waals surface area contributed by atoms with Crippen LogP contribution >= 0.6 is 27.7 Å². The van der Waals surface area contributed by atoms with Crippen LogP contribution in [-0.2, 0) is 0 Å². The predicted molar refractivity (Wildman–Crippen MR) is 85.0 cm³/mol. The molecule has 0 unspecified atom stereocenters. The number of hydrogen-bond acceptors (Lipinski definition) is 3. The molecule has 2 aromatic carbocycles. The minimum atomic E-state index is -0.677. The summed E-state index contributed by atoms with van der Waals surface area (Å²) in [5.41, 5.74) is 7.95. The summed E-state index contributed by atoms with van der Waals surface area (Å²) in [6.07, 6.45) is 1.54. The highest BCUT2D eigenvalue weighted by Crippen LogP contribution is 2.28. The number of carbonyl (C=O) groups is 1. The molecule has 0 spiro atoms. The van der Waals surface area contributed by atoms with Crippen LogP contribution in [0.15, 0.2) is 67.9 Å². The fourth-order valence-electron chi connectivity index (χ4n) is 1.43. The third kappa shape index (κ3) is 4.71. The second kappa shape index (κ2) is 7.12. The van der Waals surface area contributed by atoms with Gasteiger partial charge in [0.15, 0.2) is 0 Å². The molecule has 102 valence electrons. The van der Waals surface area contributed by atoms with Gasteiger partial charge in [0.1, 0.15) is 0 Å². The highest BCUT2D eigenvalue weighted by atomic mass is 79.9. The van der Waals surface area contributed by atoms with Gasteiger partial charge in [0.25, 0.3) is 0 Å². The summed E-state index contributed by atoms with van der Waals surface area (Å²) >= 11 is 5.09. The molecule has 0 radical (unpaired) electrons. The molecule has 0 bridgehead atoms. The van der Waals surface area contributed by atoms with E-state index in [0.29, 0.717) is 0 Å². The highest BCUT2D eigenvalue weighted by molar-refractivity contribution is 9.10. The van der Waals surface area contributed by atoms with Crippen molar-refractivity contribution in [1.29, 1.82) is 0 Å². The van der Waals surface area contributed by atoms with Crippen LogP contribution in [0.25, 0.3) is 0 Å². The lowest BCUT2D eigenvalue weighted by atomic mass is 10.2. The van der Waals surface area contributed by atoms with E-state index in [1.54, 1.807) is 18.0 Å². The van der Waals surface area contributed by atoms with Crippen molar-refractivity contribution in [3.63, 3.8) is 0 Å². The van der Waals surface area contributed by atoms with E-state index >= 15 is 0 Å². The summed E-state index contributed by atoms with van der Waals surface area (Å²) < 4.78 is 1.07. The maximum atomic E-state index is 10.5. The van der Waals surface area contributed by atoms with Crippen molar-refractivity contribution >= 4 is 39.9 Å². The van der Waals surface area contributed by atoms with Crippen LogP contribution in [0.4, 0.5) is 4.79 Å². The van der Waals surface area contributed by atoms with Gasteiger partial charge in [-0.3, -0.25) is 0 Å². The van der Waals surface area contributed by atoms with E-state index in [9.17, 15) is 4.79 Å². The van der Waals surface area contributed by atoms with Gasteiger partial charge in [0, 0.05) is 14.3 Å². The number of hydrazone groups is 1. The Hall–Kier alpha value is -1.79. The lowest BCUT2D eigenvalue weighted by molar-refractivity contribution is 0.249. The SMILES string of the molecule is NC(=O)NN=Cc1ccc(Sc2ccc(Br)cc2)cc1. The van der Waals surface area contributed by atoms with Gasteiger partial charge in [-0.05, 0) is 42.0 Å². The van der Waals surface area contributed by atoms with Crippen LogP contribution in [-0.4, -0.2) is 12.2 Å². The molecule has 0 aliphatic heterocycles. The van der Waals surface area contributed by atoms with Crippen molar-refractivity contribution < 1.29 is 4.79 Å². The fraction of sp³-hybridized carbons (Fsp3) is 0. The molecule has 6 heteroatoms. The van der Waals surface area contributed by atoms with Crippen molar-refractivity contribution in [2.24, 2.45) is 10.8 Å². The molecular formula is C14H12BrN3OS. The molecule has 0 heterocycles. The average molecular weight is 350 g/mol. The quantitative estimate of drug-likeness (QED) is 0.654. The minimum Gasteiger partial charge on any atom is -0.350 e. The van der Waals surface area contributed by atoms with E-state index in [1.165, 1.54) is 4.90 Å². The fourth-order valence-corrected chi connectivity index (χ4v) is 2.51. The molecule has 3 N–H and O–H groups in total. The van der Waals surface area contributed by atoms with Crippen molar-refractivity contribution in [2.45, 2.75) is 9.79 Å². The van der Waals surface area contributed by atoms with Crippen LogP contribution in [0, 0.1) is 0 Å². The van der Waals surface area contributed by atoms with Gasteiger partial charge in [-0.25, -0.2) is 10.2 Å². The predicted octanol–water partition coefficient (Wildman–Crippen LogP) is 3.60. The number of carbonyl (C=O) groups excluding carboxylic acids is 1. The van der Waals surface area contributed by atoms with Crippen LogP contribution < -0.4 is 11.2 Å². The van der Waals surface area contributed by atoms with Gasteiger partial charge in [0.05, 0.1) is 6.21 Å². The zero-order valence-corrected chi connectivity index (χ0v) is 12.8. The summed E-state index contributed by atoms with van der Waals surface area (Å²) in [7, 11) is 0. The van der Waals surface area contributed by atoms with Crippen LogP contribution in [0.5, 0.6) is 0 Å². The third-order valence-corrected chi connectivity index (χ3v) is 3.86. The Kier molecular flexibility index (Phi) is 5.20. The summed E-state index contributed by atoms with van der Waals surface area (Å²) in [6, 6.07) is 15.3.